The zero-order valence-corrected chi connectivity index (χ0v) is 13.6. The molecule has 1 saturated heterocycles. The zero-order valence-electron chi connectivity index (χ0n) is 11.9. The highest BCUT2D eigenvalue weighted by Crippen LogP contribution is 2.27. The van der Waals surface area contributed by atoms with Gasteiger partial charge in [0.1, 0.15) is 11.0 Å². The minimum Gasteiger partial charge on any atom is -0.497 e. The second kappa shape index (κ2) is 5.73. The van der Waals surface area contributed by atoms with E-state index < -0.39 is 15.1 Å². The molecule has 0 spiro atoms. The third kappa shape index (κ3) is 2.62. The highest BCUT2D eigenvalue weighted by atomic mass is 32.2. The number of sulfone groups is 1. The number of nitrogens with zero attached hydrogens (tertiary/aromatic N) is 1. The number of methoxy groups -OCH3 is 1. The van der Waals surface area contributed by atoms with Crippen LogP contribution in [0.2, 0.25) is 0 Å². The van der Waals surface area contributed by atoms with Crippen molar-refractivity contribution in [1.82, 2.24) is 4.90 Å². The summed E-state index contributed by atoms with van der Waals surface area (Å²) in [5.74, 6) is 0.512. The summed E-state index contributed by atoms with van der Waals surface area (Å²) >= 11 is 1.36. The maximum absolute atomic E-state index is 12.5. The average Bonchev–Trinajstić information content (AvgIpc) is 2.99. The lowest BCUT2D eigenvalue weighted by molar-refractivity contribution is 0.0664. The van der Waals surface area contributed by atoms with Crippen molar-refractivity contribution in [2.24, 2.45) is 0 Å². The number of hydrogen-bond acceptors (Lipinski definition) is 5. The molecule has 2 heterocycles. The lowest BCUT2D eigenvalue weighted by Gasteiger charge is -2.38. The molecule has 5 nitrogen and oxygen atoms in total. The van der Waals surface area contributed by atoms with Crippen molar-refractivity contribution >= 4 is 27.1 Å². The first-order valence-corrected chi connectivity index (χ1v) is 9.15. The summed E-state index contributed by atoms with van der Waals surface area (Å²) in [6.45, 7) is 0.482. The Balaban J connectivity index is 1.69. The molecule has 22 heavy (non-hydrogen) atoms. The van der Waals surface area contributed by atoms with Gasteiger partial charge in [0.15, 0.2) is 9.84 Å². The molecule has 1 aromatic heterocycles. The quantitative estimate of drug-likeness (QED) is 0.857. The Kier molecular flexibility index (Phi) is 3.92. The number of ether oxygens (including phenoxy) is 1. The Bertz CT molecular complexity index is 760. The molecular weight excluding hydrogens is 322 g/mol. The summed E-state index contributed by atoms with van der Waals surface area (Å²) in [7, 11) is -1.88. The van der Waals surface area contributed by atoms with Crippen molar-refractivity contribution in [2.75, 3.05) is 20.2 Å². The number of thiophene rings is 1. The summed E-state index contributed by atoms with van der Waals surface area (Å²) < 4.78 is 30.0. The van der Waals surface area contributed by atoms with E-state index in [0.29, 0.717) is 10.6 Å². The van der Waals surface area contributed by atoms with Crippen molar-refractivity contribution in [3.8, 4) is 5.75 Å². The van der Waals surface area contributed by atoms with E-state index in [2.05, 4.69) is 0 Å². The van der Waals surface area contributed by atoms with Crippen molar-refractivity contribution in [3.63, 3.8) is 0 Å². The lowest BCUT2D eigenvalue weighted by atomic mass is 10.2. The van der Waals surface area contributed by atoms with Gasteiger partial charge in [0.25, 0.3) is 5.91 Å². The van der Waals surface area contributed by atoms with Gasteiger partial charge in [-0.1, -0.05) is 6.07 Å². The molecule has 1 amide bonds. The number of likely N-dealkylation sites (tertiary alicyclic amines) is 1. The fourth-order valence-corrected chi connectivity index (χ4v) is 4.66. The largest absolute Gasteiger partial charge is 0.497 e. The number of amides is 1. The van der Waals surface area contributed by atoms with Crippen LogP contribution in [0.5, 0.6) is 5.75 Å². The molecule has 1 aromatic carbocycles. The molecule has 1 aliphatic heterocycles. The van der Waals surface area contributed by atoms with Crippen LogP contribution in [0.3, 0.4) is 0 Å². The number of benzene rings is 1. The van der Waals surface area contributed by atoms with E-state index in [1.807, 2.05) is 11.4 Å². The third-order valence-electron chi connectivity index (χ3n) is 3.69. The van der Waals surface area contributed by atoms with Gasteiger partial charge in [0.05, 0.1) is 16.9 Å². The standard InChI is InChI=1S/C15H15NO4S2/c1-20-11-4-6-12(7-5-11)22(18,19)13-9-16(10-13)15(17)14-3-2-8-21-14/h2-8,13H,9-10H2,1H3. The Morgan fingerprint density at radius 2 is 1.91 bits per heavy atom. The molecule has 2 aromatic rings. The first-order valence-electron chi connectivity index (χ1n) is 6.73. The Hall–Kier alpha value is -1.86. The molecule has 1 fully saturated rings. The van der Waals surface area contributed by atoms with Gasteiger partial charge < -0.3 is 9.64 Å². The van der Waals surface area contributed by atoms with Gasteiger partial charge in [-0.15, -0.1) is 11.3 Å². The summed E-state index contributed by atoms with van der Waals surface area (Å²) in [5, 5.41) is 1.29. The molecule has 0 bridgehead atoms. The van der Waals surface area contributed by atoms with E-state index in [1.165, 1.54) is 30.6 Å². The molecule has 7 heteroatoms. The SMILES string of the molecule is COc1ccc(S(=O)(=O)C2CN(C(=O)c3cccs3)C2)cc1. The molecule has 3 rings (SSSR count). The van der Waals surface area contributed by atoms with Crippen molar-refractivity contribution < 1.29 is 17.9 Å². The first-order chi connectivity index (χ1) is 10.5. The third-order valence-corrected chi connectivity index (χ3v) is 6.66. The highest BCUT2D eigenvalue weighted by Gasteiger charge is 2.40. The summed E-state index contributed by atoms with van der Waals surface area (Å²) in [4.78, 5) is 14.6. The minimum atomic E-state index is -3.41. The summed E-state index contributed by atoms with van der Waals surface area (Å²) in [6, 6.07) is 9.89. The van der Waals surface area contributed by atoms with E-state index >= 15 is 0 Å². The predicted octanol–water partition coefficient (Wildman–Crippen LogP) is 2.05. The zero-order chi connectivity index (χ0) is 15.7. The van der Waals surface area contributed by atoms with Gasteiger partial charge in [-0.3, -0.25) is 4.79 Å². The summed E-state index contributed by atoms with van der Waals surface area (Å²) in [6.07, 6.45) is 0. The Morgan fingerprint density at radius 1 is 1.23 bits per heavy atom. The van der Waals surface area contributed by atoms with Crippen molar-refractivity contribution in [3.05, 3.63) is 46.7 Å². The predicted molar refractivity (Wildman–Crippen MR) is 84.2 cm³/mol. The van der Waals surface area contributed by atoms with Crippen LogP contribution in [0, 0.1) is 0 Å². The van der Waals surface area contributed by atoms with Crippen LogP contribution in [0.4, 0.5) is 0 Å². The molecular formula is C15H15NO4S2. The fourth-order valence-electron chi connectivity index (χ4n) is 2.31. The van der Waals surface area contributed by atoms with Gasteiger partial charge in [0.2, 0.25) is 0 Å². The molecule has 116 valence electrons. The maximum atomic E-state index is 12.5. The number of carbonyl (C=O) groups excluding carboxylic acids is 1. The normalized spacial score (nSPS) is 15.4. The topological polar surface area (TPSA) is 63.7 Å². The Labute approximate surface area is 133 Å². The highest BCUT2D eigenvalue weighted by molar-refractivity contribution is 7.92. The van der Waals surface area contributed by atoms with Gasteiger partial charge in [-0.05, 0) is 35.7 Å². The van der Waals surface area contributed by atoms with Gasteiger partial charge >= 0.3 is 0 Å². The van der Waals surface area contributed by atoms with Crippen LogP contribution in [0.15, 0.2) is 46.7 Å². The number of rotatable bonds is 4. The van der Waals surface area contributed by atoms with E-state index in [4.69, 9.17) is 4.74 Å². The molecule has 0 unspecified atom stereocenters. The maximum Gasteiger partial charge on any atom is 0.263 e. The number of hydrogen-bond donors (Lipinski definition) is 0. The van der Waals surface area contributed by atoms with E-state index in [0.717, 1.165) is 0 Å². The minimum absolute atomic E-state index is 0.101. The Morgan fingerprint density at radius 3 is 2.45 bits per heavy atom. The smallest absolute Gasteiger partial charge is 0.263 e. The van der Waals surface area contributed by atoms with Crippen LogP contribution in [0.1, 0.15) is 9.67 Å². The first kappa shape index (κ1) is 15.1. The molecule has 0 radical (unpaired) electrons. The van der Waals surface area contributed by atoms with Gasteiger partial charge in [0, 0.05) is 13.1 Å². The number of carbonyl (C=O) groups is 1. The molecule has 0 atom stereocenters. The monoisotopic (exact) mass is 337 g/mol. The lowest BCUT2D eigenvalue weighted by Crippen LogP contribution is -2.56. The second-order valence-corrected chi connectivity index (χ2v) is 8.21. The average molecular weight is 337 g/mol. The molecule has 0 N–H and O–H groups in total. The van der Waals surface area contributed by atoms with E-state index in [9.17, 15) is 13.2 Å². The van der Waals surface area contributed by atoms with Gasteiger partial charge in [-0.2, -0.15) is 0 Å². The van der Waals surface area contributed by atoms with Crippen molar-refractivity contribution in [2.45, 2.75) is 10.1 Å². The van der Waals surface area contributed by atoms with Gasteiger partial charge in [-0.25, -0.2) is 8.42 Å². The van der Waals surface area contributed by atoms with Crippen LogP contribution in [-0.2, 0) is 9.84 Å². The molecule has 1 aliphatic rings. The van der Waals surface area contributed by atoms with Crippen molar-refractivity contribution in [1.29, 1.82) is 0 Å². The van der Waals surface area contributed by atoms with Crippen LogP contribution in [0.25, 0.3) is 0 Å². The van der Waals surface area contributed by atoms with E-state index in [1.54, 1.807) is 23.1 Å². The van der Waals surface area contributed by atoms with Crippen LogP contribution < -0.4 is 4.74 Å². The molecule has 0 saturated carbocycles. The summed E-state index contributed by atoms with van der Waals surface area (Å²) in [5.41, 5.74) is 0. The van der Waals surface area contributed by atoms with Crippen LogP contribution in [-0.4, -0.2) is 44.7 Å². The van der Waals surface area contributed by atoms with Crippen LogP contribution >= 0.6 is 11.3 Å². The second-order valence-electron chi connectivity index (χ2n) is 5.03. The molecule has 0 aliphatic carbocycles. The van der Waals surface area contributed by atoms with E-state index in [-0.39, 0.29) is 23.9 Å². The fraction of sp³-hybridized carbons (Fsp3) is 0.267.